The van der Waals surface area contributed by atoms with Crippen molar-refractivity contribution in [3.8, 4) is 0 Å². The quantitative estimate of drug-likeness (QED) is 0.395. The SMILES string of the molecule is CCCC(CCC)C1(C(C)C)CCC1CCC(C)C(C)C. The smallest absolute Gasteiger partial charge is 0.0218 e. The first-order valence-electron chi connectivity index (χ1n) is 9.90. The zero-order valence-corrected chi connectivity index (χ0v) is 16.0. The van der Waals surface area contributed by atoms with Crippen LogP contribution in [0.5, 0.6) is 0 Å². The predicted octanol–water partition coefficient (Wildman–Crippen LogP) is 7.33. The Labute approximate surface area is 135 Å². The molecule has 126 valence electrons. The standard InChI is InChI=1S/C21H42/c1-8-10-19(11-9-2)21(17(5)6)15-14-20(21)13-12-18(7)16(3)4/h16-20H,8-15H2,1-7H3. The summed E-state index contributed by atoms with van der Waals surface area (Å²) >= 11 is 0. The lowest BCUT2D eigenvalue weighted by atomic mass is 9.47. The van der Waals surface area contributed by atoms with Crippen LogP contribution in [-0.4, -0.2) is 0 Å². The van der Waals surface area contributed by atoms with Crippen LogP contribution in [0.4, 0.5) is 0 Å². The van der Waals surface area contributed by atoms with Gasteiger partial charge < -0.3 is 0 Å². The maximum atomic E-state index is 2.51. The Morgan fingerprint density at radius 2 is 1.48 bits per heavy atom. The highest BCUT2D eigenvalue weighted by Gasteiger charge is 2.52. The zero-order chi connectivity index (χ0) is 16.0. The minimum absolute atomic E-state index is 0.683. The summed E-state index contributed by atoms with van der Waals surface area (Å²) < 4.78 is 0. The highest BCUT2D eigenvalue weighted by atomic mass is 14.6. The molecule has 0 heteroatoms. The average Bonchev–Trinajstić information content (AvgIpc) is 2.37. The summed E-state index contributed by atoms with van der Waals surface area (Å²) in [6, 6.07) is 0. The fourth-order valence-corrected chi connectivity index (χ4v) is 5.04. The molecule has 0 spiro atoms. The van der Waals surface area contributed by atoms with Crippen LogP contribution in [0.25, 0.3) is 0 Å². The van der Waals surface area contributed by atoms with Gasteiger partial charge in [0.15, 0.2) is 0 Å². The van der Waals surface area contributed by atoms with E-state index in [2.05, 4.69) is 48.5 Å². The van der Waals surface area contributed by atoms with Crippen LogP contribution in [0.2, 0.25) is 0 Å². The van der Waals surface area contributed by atoms with Crippen molar-refractivity contribution in [3.63, 3.8) is 0 Å². The molecule has 0 heterocycles. The van der Waals surface area contributed by atoms with E-state index in [-0.39, 0.29) is 0 Å². The molecule has 21 heavy (non-hydrogen) atoms. The van der Waals surface area contributed by atoms with Crippen molar-refractivity contribution >= 4 is 0 Å². The second kappa shape index (κ2) is 8.59. The van der Waals surface area contributed by atoms with Gasteiger partial charge in [-0.3, -0.25) is 0 Å². The number of rotatable bonds is 10. The molecule has 1 fully saturated rings. The van der Waals surface area contributed by atoms with Crippen molar-refractivity contribution < 1.29 is 0 Å². The van der Waals surface area contributed by atoms with Crippen LogP contribution in [0, 0.1) is 35.0 Å². The molecule has 0 aromatic rings. The van der Waals surface area contributed by atoms with E-state index in [1.807, 2.05) is 0 Å². The molecular weight excluding hydrogens is 252 g/mol. The van der Waals surface area contributed by atoms with Gasteiger partial charge >= 0.3 is 0 Å². The van der Waals surface area contributed by atoms with Gasteiger partial charge in [0.05, 0.1) is 0 Å². The first-order valence-corrected chi connectivity index (χ1v) is 9.90. The molecule has 1 rings (SSSR count). The van der Waals surface area contributed by atoms with Crippen molar-refractivity contribution in [2.75, 3.05) is 0 Å². The van der Waals surface area contributed by atoms with Crippen molar-refractivity contribution in [3.05, 3.63) is 0 Å². The van der Waals surface area contributed by atoms with Crippen molar-refractivity contribution in [2.45, 2.75) is 99.8 Å². The Morgan fingerprint density at radius 1 is 0.905 bits per heavy atom. The first kappa shape index (κ1) is 19.0. The third kappa shape index (κ3) is 4.26. The van der Waals surface area contributed by atoms with Gasteiger partial charge in [0.25, 0.3) is 0 Å². The van der Waals surface area contributed by atoms with Crippen molar-refractivity contribution in [1.82, 2.24) is 0 Å². The maximum absolute atomic E-state index is 2.51. The van der Waals surface area contributed by atoms with Gasteiger partial charge in [0.1, 0.15) is 0 Å². The van der Waals surface area contributed by atoms with Gasteiger partial charge in [0.2, 0.25) is 0 Å². The van der Waals surface area contributed by atoms with Gasteiger partial charge in [-0.1, -0.05) is 80.6 Å². The Balaban J connectivity index is 2.75. The highest BCUT2D eigenvalue weighted by Crippen LogP contribution is 2.60. The molecule has 3 atom stereocenters. The predicted molar refractivity (Wildman–Crippen MR) is 96.5 cm³/mol. The molecule has 0 amide bonds. The Bertz CT molecular complexity index is 272. The zero-order valence-electron chi connectivity index (χ0n) is 16.0. The fraction of sp³-hybridized carbons (Fsp3) is 1.00. The molecule has 1 aliphatic rings. The molecule has 0 radical (unpaired) electrons. The Kier molecular flexibility index (Phi) is 7.79. The molecule has 0 N–H and O–H groups in total. The van der Waals surface area contributed by atoms with Crippen molar-refractivity contribution in [1.29, 1.82) is 0 Å². The van der Waals surface area contributed by atoms with Crippen molar-refractivity contribution in [2.24, 2.45) is 35.0 Å². The maximum Gasteiger partial charge on any atom is -0.0218 e. The summed E-state index contributed by atoms with van der Waals surface area (Å²) in [4.78, 5) is 0. The summed E-state index contributed by atoms with van der Waals surface area (Å²) in [6.07, 6.45) is 11.6. The van der Waals surface area contributed by atoms with E-state index in [1.165, 1.54) is 51.4 Å². The van der Waals surface area contributed by atoms with Crippen LogP contribution in [0.15, 0.2) is 0 Å². The summed E-state index contributed by atoms with van der Waals surface area (Å²) in [5.74, 6) is 4.61. The molecule has 3 unspecified atom stereocenters. The summed E-state index contributed by atoms with van der Waals surface area (Å²) in [6.45, 7) is 17.0. The molecule has 0 bridgehead atoms. The second-order valence-corrected chi connectivity index (χ2v) is 8.58. The third-order valence-corrected chi connectivity index (χ3v) is 6.90. The Morgan fingerprint density at radius 3 is 1.81 bits per heavy atom. The largest absolute Gasteiger partial charge is 0.0654 e. The minimum Gasteiger partial charge on any atom is -0.0654 e. The number of hydrogen-bond donors (Lipinski definition) is 0. The van der Waals surface area contributed by atoms with E-state index >= 15 is 0 Å². The molecule has 0 aromatic carbocycles. The van der Waals surface area contributed by atoms with Gasteiger partial charge in [-0.15, -0.1) is 0 Å². The normalized spacial score (nSPS) is 27.4. The van der Waals surface area contributed by atoms with Crippen LogP contribution < -0.4 is 0 Å². The van der Waals surface area contributed by atoms with Crippen LogP contribution in [0.1, 0.15) is 99.8 Å². The molecule has 0 nitrogen and oxygen atoms in total. The van der Waals surface area contributed by atoms with E-state index < -0.39 is 0 Å². The molecular formula is C21H42. The van der Waals surface area contributed by atoms with Crippen LogP contribution in [0.3, 0.4) is 0 Å². The average molecular weight is 295 g/mol. The van der Waals surface area contributed by atoms with Gasteiger partial charge in [-0.2, -0.15) is 0 Å². The summed E-state index contributed by atoms with van der Waals surface area (Å²) in [5, 5.41) is 0. The van der Waals surface area contributed by atoms with Gasteiger partial charge in [0, 0.05) is 0 Å². The molecule has 0 saturated heterocycles. The summed E-state index contributed by atoms with van der Waals surface area (Å²) in [7, 11) is 0. The lowest BCUT2D eigenvalue weighted by molar-refractivity contribution is -0.0880. The van der Waals surface area contributed by atoms with E-state index in [0.717, 1.165) is 29.6 Å². The van der Waals surface area contributed by atoms with E-state index in [0.29, 0.717) is 5.41 Å². The van der Waals surface area contributed by atoms with Crippen LogP contribution >= 0.6 is 0 Å². The monoisotopic (exact) mass is 294 g/mol. The minimum atomic E-state index is 0.683. The Hall–Kier alpha value is 0. The van der Waals surface area contributed by atoms with Gasteiger partial charge in [-0.25, -0.2) is 0 Å². The molecule has 0 aliphatic heterocycles. The van der Waals surface area contributed by atoms with E-state index in [9.17, 15) is 0 Å². The molecule has 1 saturated carbocycles. The summed E-state index contributed by atoms with van der Waals surface area (Å²) in [5.41, 5.74) is 0.683. The topological polar surface area (TPSA) is 0 Å². The highest BCUT2D eigenvalue weighted by molar-refractivity contribution is 5.01. The van der Waals surface area contributed by atoms with E-state index in [1.54, 1.807) is 0 Å². The van der Waals surface area contributed by atoms with Gasteiger partial charge in [-0.05, 0) is 54.3 Å². The van der Waals surface area contributed by atoms with Crippen LogP contribution in [-0.2, 0) is 0 Å². The number of hydrogen-bond acceptors (Lipinski definition) is 0. The molecule has 0 aromatic heterocycles. The first-order chi connectivity index (χ1) is 9.90. The second-order valence-electron chi connectivity index (χ2n) is 8.58. The fourth-order valence-electron chi connectivity index (χ4n) is 5.04. The molecule has 1 aliphatic carbocycles. The lowest BCUT2D eigenvalue weighted by Crippen LogP contribution is -2.50. The lowest BCUT2D eigenvalue weighted by Gasteiger charge is -2.58. The van der Waals surface area contributed by atoms with E-state index in [4.69, 9.17) is 0 Å². The third-order valence-electron chi connectivity index (χ3n) is 6.90.